The molecule has 0 amide bonds. The van der Waals surface area contributed by atoms with Gasteiger partial charge in [0.25, 0.3) is 0 Å². The van der Waals surface area contributed by atoms with Crippen LogP contribution in [0.1, 0.15) is 72.1 Å². The summed E-state index contributed by atoms with van der Waals surface area (Å²) in [5.74, 6) is 0. The highest BCUT2D eigenvalue weighted by molar-refractivity contribution is 6.73. The van der Waals surface area contributed by atoms with Crippen LogP contribution in [-0.2, 0) is 4.43 Å². The molecule has 1 nitrogen and oxygen atoms in total. The summed E-state index contributed by atoms with van der Waals surface area (Å²) in [6, 6.07) is 4.13. The summed E-state index contributed by atoms with van der Waals surface area (Å²) in [6.07, 6.45) is 11.1. The van der Waals surface area contributed by atoms with E-state index in [2.05, 4.69) is 20.8 Å². The van der Waals surface area contributed by atoms with Crippen LogP contribution in [0.3, 0.4) is 0 Å². The molecular formula is C15H34OSi. The lowest BCUT2D eigenvalue weighted by atomic mass is 10.1. The topological polar surface area (TPSA) is 9.23 Å². The molecule has 17 heavy (non-hydrogen) atoms. The first-order valence-electron chi connectivity index (χ1n) is 7.79. The van der Waals surface area contributed by atoms with Crippen molar-refractivity contribution in [1.29, 1.82) is 0 Å². The van der Waals surface area contributed by atoms with Crippen molar-refractivity contribution in [3.05, 3.63) is 0 Å². The highest BCUT2D eigenvalue weighted by Gasteiger charge is 2.30. The van der Waals surface area contributed by atoms with E-state index in [0.29, 0.717) is 0 Å². The average Bonchev–Trinajstić information content (AvgIpc) is 2.34. The summed E-state index contributed by atoms with van der Waals surface area (Å²) in [5.41, 5.74) is 0. The van der Waals surface area contributed by atoms with E-state index in [1.807, 2.05) is 7.11 Å². The second-order valence-corrected chi connectivity index (χ2v) is 9.68. The molecule has 0 unspecified atom stereocenters. The Hall–Kier alpha value is 0.177. The Morgan fingerprint density at radius 3 is 1.65 bits per heavy atom. The molecule has 2 heteroatoms. The summed E-state index contributed by atoms with van der Waals surface area (Å²) in [7, 11) is 0.629. The van der Waals surface area contributed by atoms with E-state index in [1.165, 1.54) is 69.5 Å². The number of hydrogen-bond acceptors (Lipinski definition) is 1. The molecule has 0 aliphatic carbocycles. The summed E-state index contributed by atoms with van der Waals surface area (Å²) in [5, 5.41) is 0. The highest BCUT2D eigenvalue weighted by atomic mass is 28.4. The highest BCUT2D eigenvalue weighted by Crippen LogP contribution is 2.27. The van der Waals surface area contributed by atoms with Crippen molar-refractivity contribution in [2.24, 2.45) is 0 Å². The van der Waals surface area contributed by atoms with Gasteiger partial charge in [0, 0.05) is 7.11 Å². The second-order valence-electron chi connectivity index (χ2n) is 5.40. The van der Waals surface area contributed by atoms with E-state index in [0.717, 1.165) is 0 Å². The molecule has 0 atom stereocenters. The SMILES string of the molecule is CCCCCCCC[Si](CCC)(CCC)OC. The standard InChI is InChI=1S/C15H34OSi/c1-5-8-9-10-11-12-15-17(16-4,13-6-2)14-7-3/h5-15H2,1-4H3. The molecule has 0 saturated carbocycles. The molecule has 0 heterocycles. The predicted octanol–water partition coefficient (Wildman–Crippen LogP) is 5.76. The fourth-order valence-electron chi connectivity index (χ4n) is 2.82. The van der Waals surface area contributed by atoms with E-state index in [9.17, 15) is 0 Å². The lowest BCUT2D eigenvalue weighted by Gasteiger charge is -2.29. The van der Waals surface area contributed by atoms with Crippen molar-refractivity contribution in [2.75, 3.05) is 7.11 Å². The van der Waals surface area contributed by atoms with Crippen LogP contribution in [0.4, 0.5) is 0 Å². The smallest absolute Gasteiger partial charge is 0.192 e. The van der Waals surface area contributed by atoms with Gasteiger partial charge in [-0.05, 0) is 18.1 Å². The minimum Gasteiger partial charge on any atom is -0.420 e. The van der Waals surface area contributed by atoms with Crippen LogP contribution < -0.4 is 0 Å². The molecule has 0 bridgehead atoms. The minimum atomic E-state index is -1.34. The molecule has 0 aromatic rings. The van der Waals surface area contributed by atoms with Gasteiger partial charge >= 0.3 is 0 Å². The van der Waals surface area contributed by atoms with Crippen LogP contribution in [0.2, 0.25) is 18.1 Å². The fourth-order valence-corrected chi connectivity index (χ4v) is 6.90. The van der Waals surface area contributed by atoms with Crippen molar-refractivity contribution in [2.45, 2.75) is 90.3 Å². The van der Waals surface area contributed by atoms with Crippen molar-refractivity contribution in [3.63, 3.8) is 0 Å². The molecule has 0 aromatic carbocycles. The van der Waals surface area contributed by atoms with Crippen molar-refractivity contribution in [3.8, 4) is 0 Å². The number of rotatable bonds is 12. The van der Waals surface area contributed by atoms with E-state index < -0.39 is 8.32 Å². The van der Waals surface area contributed by atoms with Gasteiger partial charge in [-0.25, -0.2) is 0 Å². The normalized spacial score (nSPS) is 12.0. The molecule has 0 saturated heterocycles. The molecule has 0 spiro atoms. The Balaban J connectivity index is 3.82. The Labute approximate surface area is 110 Å². The van der Waals surface area contributed by atoms with Gasteiger partial charge in [-0.1, -0.05) is 72.1 Å². The van der Waals surface area contributed by atoms with Gasteiger partial charge in [0.1, 0.15) is 0 Å². The largest absolute Gasteiger partial charge is 0.420 e. The van der Waals surface area contributed by atoms with Crippen molar-refractivity contribution < 1.29 is 4.43 Å². The zero-order chi connectivity index (χ0) is 13.0. The van der Waals surface area contributed by atoms with E-state index in [4.69, 9.17) is 4.43 Å². The van der Waals surface area contributed by atoms with Crippen molar-refractivity contribution >= 4 is 8.32 Å². The molecule has 0 aliphatic heterocycles. The molecular weight excluding hydrogens is 224 g/mol. The quantitative estimate of drug-likeness (QED) is 0.319. The molecule has 0 aromatic heterocycles. The van der Waals surface area contributed by atoms with Gasteiger partial charge in [0.2, 0.25) is 0 Å². The molecule has 0 radical (unpaired) electrons. The third-order valence-electron chi connectivity index (χ3n) is 3.83. The molecule has 104 valence electrons. The van der Waals surface area contributed by atoms with Crippen LogP contribution >= 0.6 is 0 Å². The maximum Gasteiger partial charge on any atom is 0.192 e. The third kappa shape index (κ3) is 7.99. The lowest BCUT2D eigenvalue weighted by molar-refractivity contribution is 0.384. The Morgan fingerprint density at radius 1 is 0.647 bits per heavy atom. The summed E-state index contributed by atoms with van der Waals surface area (Å²) in [4.78, 5) is 0. The van der Waals surface area contributed by atoms with E-state index in [1.54, 1.807) is 0 Å². The van der Waals surface area contributed by atoms with Crippen LogP contribution in [0.25, 0.3) is 0 Å². The molecule has 0 fully saturated rings. The van der Waals surface area contributed by atoms with Crippen LogP contribution in [-0.4, -0.2) is 15.4 Å². The van der Waals surface area contributed by atoms with Crippen LogP contribution in [0, 0.1) is 0 Å². The van der Waals surface area contributed by atoms with Gasteiger partial charge in [-0.2, -0.15) is 0 Å². The minimum absolute atomic E-state index is 1.30. The van der Waals surface area contributed by atoms with Gasteiger partial charge in [0.15, 0.2) is 8.32 Å². The average molecular weight is 259 g/mol. The first-order chi connectivity index (χ1) is 8.24. The summed E-state index contributed by atoms with van der Waals surface area (Å²) >= 11 is 0. The van der Waals surface area contributed by atoms with Gasteiger partial charge in [-0.15, -0.1) is 0 Å². The molecule has 0 N–H and O–H groups in total. The zero-order valence-corrected chi connectivity index (χ0v) is 13.7. The van der Waals surface area contributed by atoms with Gasteiger partial charge in [0.05, 0.1) is 0 Å². The monoisotopic (exact) mass is 258 g/mol. The Kier molecular flexibility index (Phi) is 11.4. The van der Waals surface area contributed by atoms with Gasteiger partial charge < -0.3 is 4.43 Å². The third-order valence-corrected chi connectivity index (χ3v) is 8.78. The summed E-state index contributed by atoms with van der Waals surface area (Å²) in [6.45, 7) is 6.89. The maximum atomic E-state index is 5.99. The van der Waals surface area contributed by atoms with E-state index >= 15 is 0 Å². The first kappa shape index (κ1) is 17.2. The second kappa shape index (κ2) is 11.3. The van der Waals surface area contributed by atoms with E-state index in [-0.39, 0.29) is 0 Å². The van der Waals surface area contributed by atoms with Crippen LogP contribution in [0.15, 0.2) is 0 Å². The number of unbranched alkanes of at least 4 members (excludes halogenated alkanes) is 5. The molecule has 0 aliphatic rings. The Morgan fingerprint density at radius 2 is 1.18 bits per heavy atom. The predicted molar refractivity (Wildman–Crippen MR) is 81.1 cm³/mol. The fraction of sp³-hybridized carbons (Fsp3) is 1.00. The van der Waals surface area contributed by atoms with Crippen molar-refractivity contribution in [1.82, 2.24) is 0 Å². The van der Waals surface area contributed by atoms with Gasteiger partial charge in [-0.3, -0.25) is 0 Å². The first-order valence-corrected chi connectivity index (χ1v) is 10.3. The zero-order valence-electron chi connectivity index (χ0n) is 12.7. The number of hydrogen-bond donors (Lipinski definition) is 0. The summed E-state index contributed by atoms with van der Waals surface area (Å²) < 4.78 is 5.99. The van der Waals surface area contributed by atoms with Crippen LogP contribution in [0.5, 0.6) is 0 Å². The maximum absolute atomic E-state index is 5.99. The molecule has 0 rings (SSSR count). The lowest BCUT2D eigenvalue weighted by Crippen LogP contribution is -2.36. The Bertz CT molecular complexity index is 153.